The van der Waals surface area contributed by atoms with Crippen LogP contribution in [-0.4, -0.2) is 32.5 Å². The lowest BCUT2D eigenvalue weighted by atomic mass is 10.2. The zero-order valence-corrected chi connectivity index (χ0v) is 18.3. The predicted octanol–water partition coefficient (Wildman–Crippen LogP) is 3.30. The molecule has 0 radical (unpaired) electrons. The topological polar surface area (TPSA) is 88.6 Å². The van der Waals surface area contributed by atoms with Gasteiger partial charge >= 0.3 is 0 Å². The SMILES string of the molecule is CCOc1ccc(N(CC(=O)NCc2cccnc2)S(=O)(=O)c2ccc(C)cc2)cc1. The highest BCUT2D eigenvalue weighted by Gasteiger charge is 2.27. The molecule has 0 bridgehead atoms. The van der Waals surface area contributed by atoms with Crippen molar-refractivity contribution in [2.24, 2.45) is 0 Å². The summed E-state index contributed by atoms with van der Waals surface area (Å²) < 4.78 is 33.3. The maximum Gasteiger partial charge on any atom is 0.264 e. The molecule has 0 unspecified atom stereocenters. The number of aromatic nitrogens is 1. The van der Waals surface area contributed by atoms with Gasteiger partial charge in [-0.15, -0.1) is 0 Å². The van der Waals surface area contributed by atoms with Crippen molar-refractivity contribution in [2.45, 2.75) is 25.3 Å². The monoisotopic (exact) mass is 439 g/mol. The molecule has 3 aromatic rings. The van der Waals surface area contributed by atoms with Gasteiger partial charge in [-0.1, -0.05) is 23.8 Å². The van der Waals surface area contributed by atoms with Crippen molar-refractivity contribution in [3.05, 3.63) is 84.2 Å². The molecule has 8 heteroatoms. The largest absolute Gasteiger partial charge is 0.494 e. The van der Waals surface area contributed by atoms with Crippen LogP contribution in [0.4, 0.5) is 5.69 Å². The number of sulfonamides is 1. The van der Waals surface area contributed by atoms with Crippen molar-refractivity contribution in [3.63, 3.8) is 0 Å². The average molecular weight is 440 g/mol. The third kappa shape index (κ3) is 5.82. The van der Waals surface area contributed by atoms with Gasteiger partial charge in [0.2, 0.25) is 5.91 Å². The highest BCUT2D eigenvalue weighted by Crippen LogP contribution is 2.26. The molecule has 1 aromatic heterocycles. The van der Waals surface area contributed by atoms with Crippen molar-refractivity contribution < 1.29 is 17.9 Å². The van der Waals surface area contributed by atoms with Gasteiger partial charge in [0.15, 0.2) is 0 Å². The van der Waals surface area contributed by atoms with Crippen LogP contribution in [0.5, 0.6) is 5.75 Å². The molecule has 0 aliphatic rings. The molecule has 0 spiro atoms. The number of carbonyl (C=O) groups excluding carboxylic acids is 1. The molecule has 0 atom stereocenters. The molecule has 0 aliphatic heterocycles. The van der Waals surface area contributed by atoms with E-state index in [0.29, 0.717) is 18.0 Å². The summed E-state index contributed by atoms with van der Waals surface area (Å²) in [6.45, 7) is 4.15. The number of carbonyl (C=O) groups is 1. The number of aryl methyl sites for hydroxylation is 1. The number of hydrogen-bond acceptors (Lipinski definition) is 5. The van der Waals surface area contributed by atoms with Gasteiger partial charge in [-0.05, 0) is 61.9 Å². The smallest absolute Gasteiger partial charge is 0.264 e. The Hall–Kier alpha value is -3.39. The first-order valence-electron chi connectivity index (χ1n) is 9.88. The second-order valence-electron chi connectivity index (χ2n) is 6.89. The first-order chi connectivity index (χ1) is 14.9. The molecule has 162 valence electrons. The molecule has 0 aliphatic carbocycles. The van der Waals surface area contributed by atoms with E-state index in [9.17, 15) is 13.2 Å². The Labute approximate surface area is 182 Å². The number of hydrogen-bond donors (Lipinski definition) is 1. The summed E-state index contributed by atoms with van der Waals surface area (Å²) in [4.78, 5) is 16.8. The summed E-state index contributed by atoms with van der Waals surface area (Å²) in [7, 11) is -3.95. The Balaban J connectivity index is 1.86. The van der Waals surface area contributed by atoms with Gasteiger partial charge < -0.3 is 10.1 Å². The molecule has 1 N–H and O–H groups in total. The maximum absolute atomic E-state index is 13.4. The molecule has 0 fully saturated rings. The van der Waals surface area contributed by atoms with Crippen LogP contribution in [-0.2, 0) is 21.4 Å². The lowest BCUT2D eigenvalue weighted by Crippen LogP contribution is -2.40. The van der Waals surface area contributed by atoms with Gasteiger partial charge in [-0.2, -0.15) is 0 Å². The van der Waals surface area contributed by atoms with Crippen molar-refractivity contribution in [2.75, 3.05) is 17.5 Å². The van der Waals surface area contributed by atoms with E-state index in [1.54, 1.807) is 67.0 Å². The molecular weight excluding hydrogens is 414 g/mol. The fraction of sp³-hybridized carbons (Fsp3) is 0.217. The average Bonchev–Trinajstić information content (AvgIpc) is 2.78. The molecule has 1 heterocycles. The lowest BCUT2D eigenvalue weighted by Gasteiger charge is -2.24. The third-order valence-corrected chi connectivity index (χ3v) is 6.33. The lowest BCUT2D eigenvalue weighted by molar-refractivity contribution is -0.119. The summed E-state index contributed by atoms with van der Waals surface area (Å²) >= 11 is 0. The van der Waals surface area contributed by atoms with E-state index in [-0.39, 0.29) is 18.0 Å². The minimum absolute atomic E-state index is 0.118. The highest BCUT2D eigenvalue weighted by atomic mass is 32.2. The molecule has 7 nitrogen and oxygen atoms in total. The van der Waals surface area contributed by atoms with Crippen LogP contribution < -0.4 is 14.4 Å². The molecule has 31 heavy (non-hydrogen) atoms. The minimum Gasteiger partial charge on any atom is -0.494 e. The van der Waals surface area contributed by atoms with E-state index in [4.69, 9.17) is 4.74 Å². The summed E-state index contributed by atoms with van der Waals surface area (Å²) in [6, 6.07) is 16.8. The number of nitrogens with one attached hydrogen (secondary N) is 1. The Morgan fingerprint density at radius 1 is 1.06 bits per heavy atom. The number of rotatable bonds is 9. The number of ether oxygens (including phenoxy) is 1. The van der Waals surface area contributed by atoms with E-state index in [1.165, 1.54) is 0 Å². The number of benzene rings is 2. The Morgan fingerprint density at radius 3 is 2.39 bits per heavy atom. The first kappa shape index (κ1) is 22.3. The van der Waals surface area contributed by atoms with Crippen LogP contribution >= 0.6 is 0 Å². The van der Waals surface area contributed by atoms with Crippen LogP contribution in [0.2, 0.25) is 0 Å². The van der Waals surface area contributed by atoms with Crippen molar-refractivity contribution >= 4 is 21.6 Å². The Bertz CT molecular complexity index is 1100. The van der Waals surface area contributed by atoms with Gasteiger partial charge in [0, 0.05) is 18.9 Å². The predicted molar refractivity (Wildman–Crippen MR) is 119 cm³/mol. The molecule has 0 saturated carbocycles. The van der Waals surface area contributed by atoms with Gasteiger partial charge in [-0.25, -0.2) is 8.42 Å². The van der Waals surface area contributed by atoms with Crippen LogP contribution in [0.25, 0.3) is 0 Å². The third-order valence-electron chi connectivity index (χ3n) is 4.54. The molecule has 0 saturated heterocycles. The van der Waals surface area contributed by atoms with Crippen LogP contribution in [0.15, 0.2) is 78.0 Å². The van der Waals surface area contributed by atoms with E-state index in [2.05, 4.69) is 10.3 Å². The van der Waals surface area contributed by atoms with Crippen molar-refractivity contribution in [1.29, 1.82) is 0 Å². The minimum atomic E-state index is -3.95. The standard InChI is InChI=1S/C23H25N3O4S/c1-3-30-21-10-8-20(9-11-21)26(31(28,29)22-12-6-18(2)7-13-22)17-23(27)25-16-19-5-4-14-24-15-19/h4-15H,3,16-17H2,1-2H3,(H,25,27). The van der Waals surface area contributed by atoms with Gasteiger partial charge in [0.05, 0.1) is 17.2 Å². The quantitative estimate of drug-likeness (QED) is 0.553. The second-order valence-corrected chi connectivity index (χ2v) is 8.75. The second kappa shape index (κ2) is 10.1. The molecule has 3 rings (SSSR count). The van der Waals surface area contributed by atoms with E-state index in [1.807, 2.05) is 19.9 Å². The summed E-state index contributed by atoms with van der Waals surface area (Å²) in [5.74, 6) is 0.202. The van der Waals surface area contributed by atoms with Gasteiger partial charge in [0.1, 0.15) is 12.3 Å². The van der Waals surface area contributed by atoms with Gasteiger partial charge in [0.25, 0.3) is 10.0 Å². The summed E-state index contributed by atoms with van der Waals surface area (Å²) in [5, 5.41) is 2.75. The van der Waals surface area contributed by atoms with Gasteiger partial charge in [-0.3, -0.25) is 14.1 Å². The van der Waals surface area contributed by atoms with Crippen LogP contribution in [0, 0.1) is 6.92 Å². The van der Waals surface area contributed by atoms with E-state index < -0.39 is 15.9 Å². The Kier molecular flexibility index (Phi) is 7.25. The summed E-state index contributed by atoms with van der Waals surface area (Å²) in [6.07, 6.45) is 3.29. The zero-order valence-electron chi connectivity index (χ0n) is 17.5. The number of nitrogens with zero attached hydrogens (tertiary/aromatic N) is 2. The number of anilines is 1. The number of pyridine rings is 1. The number of amides is 1. The molecular formula is C23H25N3O4S. The van der Waals surface area contributed by atoms with Crippen molar-refractivity contribution in [3.8, 4) is 5.75 Å². The first-order valence-corrected chi connectivity index (χ1v) is 11.3. The fourth-order valence-corrected chi connectivity index (χ4v) is 4.34. The van der Waals surface area contributed by atoms with E-state index >= 15 is 0 Å². The molecule has 2 aromatic carbocycles. The van der Waals surface area contributed by atoms with Crippen LogP contribution in [0.1, 0.15) is 18.1 Å². The van der Waals surface area contributed by atoms with E-state index in [0.717, 1.165) is 15.4 Å². The zero-order chi connectivity index (χ0) is 22.3. The Morgan fingerprint density at radius 2 is 1.77 bits per heavy atom. The van der Waals surface area contributed by atoms with Crippen LogP contribution in [0.3, 0.4) is 0 Å². The highest BCUT2D eigenvalue weighted by molar-refractivity contribution is 7.92. The maximum atomic E-state index is 13.4. The fourth-order valence-electron chi connectivity index (χ4n) is 2.92. The normalized spacial score (nSPS) is 11.0. The van der Waals surface area contributed by atoms with Crippen molar-refractivity contribution in [1.82, 2.24) is 10.3 Å². The summed E-state index contributed by atoms with van der Waals surface area (Å²) in [5.41, 5.74) is 2.14. The molecule has 1 amide bonds.